The third-order valence-corrected chi connectivity index (χ3v) is 3.46. The molecule has 0 saturated heterocycles. The highest BCUT2D eigenvalue weighted by Gasteiger charge is 2.21. The number of para-hydroxylation sites is 2. The molecule has 2 rings (SSSR count). The fourth-order valence-corrected chi connectivity index (χ4v) is 2.14. The van der Waals surface area contributed by atoms with Gasteiger partial charge >= 0.3 is 11.7 Å². The quantitative estimate of drug-likeness (QED) is 0.309. The SMILES string of the molecule is COc1ccc(C(=O)[C@@H](C)OC(=O)COc2ccccc2[N+](=O)[O-])cc1. The van der Waals surface area contributed by atoms with Crippen LogP contribution in [-0.2, 0) is 9.53 Å². The minimum absolute atomic E-state index is 0.0522. The molecule has 0 bridgehead atoms. The van der Waals surface area contributed by atoms with Crippen molar-refractivity contribution >= 4 is 17.4 Å². The zero-order valence-corrected chi connectivity index (χ0v) is 14.2. The Morgan fingerprint density at radius 2 is 1.77 bits per heavy atom. The number of carbonyl (C=O) groups is 2. The van der Waals surface area contributed by atoms with E-state index in [2.05, 4.69) is 0 Å². The third-order valence-electron chi connectivity index (χ3n) is 3.46. The lowest BCUT2D eigenvalue weighted by molar-refractivity contribution is -0.385. The zero-order chi connectivity index (χ0) is 19.1. The summed E-state index contributed by atoms with van der Waals surface area (Å²) in [6, 6.07) is 12.0. The molecule has 0 amide bonds. The molecule has 0 saturated carbocycles. The number of hydrogen-bond acceptors (Lipinski definition) is 7. The lowest BCUT2D eigenvalue weighted by Gasteiger charge is -2.13. The van der Waals surface area contributed by atoms with Gasteiger partial charge in [-0.25, -0.2) is 4.79 Å². The predicted molar refractivity (Wildman–Crippen MR) is 91.5 cm³/mol. The van der Waals surface area contributed by atoms with Gasteiger partial charge in [-0.05, 0) is 37.3 Å². The molecule has 0 heterocycles. The number of rotatable bonds is 8. The fraction of sp³-hybridized carbons (Fsp3) is 0.222. The number of nitrogens with zero attached hydrogens (tertiary/aromatic N) is 1. The van der Waals surface area contributed by atoms with Crippen molar-refractivity contribution in [1.82, 2.24) is 0 Å². The van der Waals surface area contributed by atoms with Gasteiger partial charge in [-0.3, -0.25) is 14.9 Å². The molecule has 0 aliphatic rings. The molecule has 8 nitrogen and oxygen atoms in total. The van der Waals surface area contributed by atoms with Gasteiger partial charge in [-0.1, -0.05) is 12.1 Å². The Hall–Kier alpha value is -3.42. The van der Waals surface area contributed by atoms with Crippen LogP contribution in [0.5, 0.6) is 11.5 Å². The van der Waals surface area contributed by atoms with Crippen molar-refractivity contribution in [2.24, 2.45) is 0 Å². The maximum atomic E-state index is 12.2. The van der Waals surface area contributed by atoms with Gasteiger partial charge in [0, 0.05) is 11.6 Å². The number of nitro benzene ring substituents is 1. The standard InChI is InChI=1S/C18H17NO7/c1-12(18(21)13-7-9-14(24-2)10-8-13)26-17(20)11-25-16-6-4-3-5-15(16)19(22)23/h3-10,12H,11H2,1-2H3/t12-/m1/s1. The van der Waals surface area contributed by atoms with E-state index in [0.29, 0.717) is 11.3 Å². The number of hydrogen-bond donors (Lipinski definition) is 0. The van der Waals surface area contributed by atoms with E-state index < -0.39 is 23.6 Å². The second-order valence-corrected chi connectivity index (χ2v) is 5.24. The third kappa shape index (κ3) is 4.79. The van der Waals surface area contributed by atoms with Crippen molar-refractivity contribution in [1.29, 1.82) is 0 Å². The van der Waals surface area contributed by atoms with E-state index in [1.807, 2.05) is 0 Å². The number of ether oxygens (including phenoxy) is 3. The largest absolute Gasteiger partial charge is 0.497 e. The highest BCUT2D eigenvalue weighted by molar-refractivity contribution is 6.00. The van der Waals surface area contributed by atoms with E-state index >= 15 is 0 Å². The molecule has 8 heteroatoms. The van der Waals surface area contributed by atoms with Crippen LogP contribution in [0.2, 0.25) is 0 Å². The van der Waals surface area contributed by atoms with Crippen LogP contribution in [0.25, 0.3) is 0 Å². The van der Waals surface area contributed by atoms with E-state index in [0.717, 1.165) is 0 Å². The molecular formula is C18H17NO7. The molecule has 0 radical (unpaired) electrons. The van der Waals surface area contributed by atoms with E-state index in [9.17, 15) is 19.7 Å². The van der Waals surface area contributed by atoms with Crippen molar-refractivity contribution in [3.63, 3.8) is 0 Å². The maximum Gasteiger partial charge on any atom is 0.344 e. The van der Waals surface area contributed by atoms with Crippen molar-refractivity contribution in [2.75, 3.05) is 13.7 Å². The Bertz CT molecular complexity index is 801. The lowest BCUT2D eigenvalue weighted by Crippen LogP contribution is -2.27. The first-order valence-electron chi connectivity index (χ1n) is 7.66. The van der Waals surface area contributed by atoms with Crippen molar-refractivity contribution < 1.29 is 28.7 Å². The second-order valence-electron chi connectivity index (χ2n) is 5.24. The molecule has 0 unspecified atom stereocenters. The van der Waals surface area contributed by atoms with Gasteiger partial charge in [-0.15, -0.1) is 0 Å². The maximum absolute atomic E-state index is 12.2. The molecule has 2 aromatic rings. The van der Waals surface area contributed by atoms with Crippen LogP contribution in [-0.4, -0.2) is 36.5 Å². The zero-order valence-electron chi connectivity index (χ0n) is 14.2. The number of methoxy groups -OCH3 is 1. The minimum Gasteiger partial charge on any atom is -0.497 e. The van der Waals surface area contributed by atoms with Crippen LogP contribution >= 0.6 is 0 Å². The van der Waals surface area contributed by atoms with Crippen LogP contribution in [0.1, 0.15) is 17.3 Å². The Morgan fingerprint density at radius 3 is 2.38 bits per heavy atom. The van der Waals surface area contributed by atoms with Crippen LogP contribution in [0, 0.1) is 10.1 Å². The molecular weight excluding hydrogens is 342 g/mol. The highest BCUT2D eigenvalue weighted by atomic mass is 16.6. The molecule has 0 N–H and O–H groups in total. The van der Waals surface area contributed by atoms with Gasteiger partial charge in [0.15, 0.2) is 18.5 Å². The number of ketones is 1. The molecule has 0 aromatic heterocycles. The molecule has 1 atom stereocenters. The van der Waals surface area contributed by atoms with Gasteiger partial charge in [-0.2, -0.15) is 0 Å². The van der Waals surface area contributed by atoms with Gasteiger partial charge in [0.1, 0.15) is 5.75 Å². The highest BCUT2D eigenvalue weighted by Crippen LogP contribution is 2.25. The summed E-state index contributed by atoms with van der Waals surface area (Å²) in [4.78, 5) is 34.4. The molecule has 0 fully saturated rings. The lowest BCUT2D eigenvalue weighted by atomic mass is 10.1. The number of benzene rings is 2. The summed E-state index contributed by atoms with van der Waals surface area (Å²) < 4.78 is 15.2. The van der Waals surface area contributed by atoms with Crippen LogP contribution < -0.4 is 9.47 Å². The summed E-state index contributed by atoms with van der Waals surface area (Å²) >= 11 is 0. The van der Waals surface area contributed by atoms with E-state index in [4.69, 9.17) is 14.2 Å². The minimum atomic E-state index is -1.02. The van der Waals surface area contributed by atoms with Gasteiger partial charge in [0.2, 0.25) is 5.78 Å². The normalized spacial score (nSPS) is 11.3. The molecule has 0 aliphatic carbocycles. The van der Waals surface area contributed by atoms with Crippen molar-refractivity contribution in [3.8, 4) is 11.5 Å². The summed E-state index contributed by atoms with van der Waals surface area (Å²) in [6.45, 7) is 0.889. The van der Waals surface area contributed by atoms with Crippen LogP contribution in [0.15, 0.2) is 48.5 Å². The summed E-state index contributed by atoms with van der Waals surface area (Å²) in [6.07, 6.45) is -1.02. The van der Waals surface area contributed by atoms with E-state index in [1.54, 1.807) is 30.3 Å². The number of nitro groups is 1. The van der Waals surface area contributed by atoms with Crippen LogP contribution in [0.4, 0.5) is 5.69 Å². The summed E-state index contributed by atoms with van der Waals surface area (Å²) in [5.41, 5.74) is 0.105. The smallest absolute Gasteiger partial charge is 0.344 e. The Labute approximate surface area is 149 Å². The number of Topliss-reactive ketones (excluding diaryl/α,β-unsaturated/α-hetero) is 1. The fourth-order valence-electron chi connectivity index (χ4n) is 2.14. The molecule has 0 spiro atoms. The van der Waals surface area contributed by atoms with Gasteiger partial charge in [0.05, 0.1) is 12.0 Å². The van der Waals surface area contributed by atoms with Crippen molar-refractivity contribution in [2.45, 2.75) is 13.0 Å². The Morgan fingerprint density at radius 1 is 1.12 bits per heavy atom. The summed E-state index contributed by atoms with van der Waals surface area (Å²) in [5.74, 6) is -0.642. The average Bonchev–Trinajstić information content (AvgIpc) is 2.66. The average molecular weight is 359 g/mol. The number of carbonyl (C=O) groups excluding carboxylic acids is 2. The van der Waals surface area contributed by atoms with E-state index in [-0.39, 0.29) is 17.2 Å². The van der Waals surface area contributed by atoms with Crippen molar-refractivity contribution in [3.05, 3.63) is 64.2 Å². The first kappa shape index (κ1) is 18.9. The first-order chi connectivity index (χ1) is 12.4. The topological polar surface area (TPSA) is 105 Å². The van der Waals surface area contributed by atoms with Crippen LogP contribution in [0.3, 0.4) is 0 Å². The number of esters is 1. The monoisotopic (exact) mass is 359 g/mol. The molecule has 0 aliphatic heterocycles. The van der Waals surface area contributed by atoms with E-state index in [1.165, 1.54) is 32.2 Å². The second kappa shape index (κ2) is 8.61. The molecule has 26 heavy (non-hydrogen) atoms. The predicted octanol–water partition coefficient (Wildman–Crippen LogP) is 2.80. The molecule has 136 valence electrons. The van der Waals surface area contributed by atoms with Gasteiger partial charge < -0.3 is 14.2 Å². The summed E-state index contributed by atoms with van der Waals surface area (Å²) in [5, 5.41) is 10.9. The molecule has 2 aromatic carbocycles. The Balaban J connectivity index is 1.92. The van der Waals surface area contributed by atoms with Gasteiger partial charge in [0.25, 0.3) is 0 Å². The summed E-state index contributed by atoms with van der Waals surface area (Å²) in [7, 11) is 1.51. The first-order valence-corrected chi connectivity index (χ1v) is 7.66. The Kier molecular flexibility index (Phi) is 6.26.